The first-order chi connectivity index (χ1) is 7.97. The van der Waals surface area contributed by atoms with Gasteiger partial charge < -0.3 is 15.5 Å². The van der Waals surface area contributed by atoms with Crippen molar-refractivity contribution in [3.8, 4) is 0 Å². The summed E-state index contributed by atoms with van der Waals surface area (Å²) in [6.45, 7) is 4.75. The van der Waals surface area contributed by atoms with Crippen LogP contribution in [0.15, 0.2) is 0 Å². The van der Waals surface area contributed by atoms with Crippen LogP contribution in [0.1, 0.15) is 32.6 Å². The SMILES string of the molecule is CC(CCN)CCC(=O)N(C)CCCN(C)C. The largest absolute Gasteiger partial charge is 0.346 e. The number of carbonyl (C=O) groups is 1. The Bertz CT molecular complexity index is 207. The van der Waals surface area contributed by atoms with Crippen LogP contribution in [-0.4, -0.2) is 56.5 Å². The summed E-state index contributed by atoms with van der Waals surface area (Å²) in [4.78, 5) is 15.8. The molecule has 4 heteroatoms. The Morgan fingerprint density at radius 3 is 2.35 bits per heavy atom. The molecule has 2 N–H and O–H groups in total. The highest BCUT2D eigenvalue weighted by atomic mass is 16.2. The lowest BCUT2D eigenvalue weighted by atomic mass is 10.0. The normalized spacial score (nSPS) is 12.8. The van der Waals surface area contributed by atoms with E-state index in [1.165, 1.54) is 0 Å². The average molecular weight is 243 g/mol. The number of rotatable bonds is 9. The minimum Gasteiger partial charge on any atom is -0.346 e. The van der Waals surface area contributed by atoms with Crippen LogP contribution in [0.25, 0.3) is 0 Å². The number of amides is 1. The molecular weight excluding hydrogens is 214 g/mol. The molecule has 0 bridgehead atoms. The molecule has 102 valence electrons. The highest BCUT2D eigenvalue weighted by Gasteiger charge is 2.10. The van der Waals surface area contributed by atoms with Crippen molar-refractivity contribution in [1.29, 1.82) is 0 Å². The van der Waals surface area contributed by atoms with E-state index >= 15 is 0 Å². The van der Waals surface area contributed by atoms with Gasteiger partial charge in [-0.2, -0.15) is 0 Å². The highest BCUT2D eigenvalue weighted by Crippen LogP contribution is 2.10. The van der Waals surface area contributed by atoms with E-state index in [1.807, 2.05) is 11.9 Å². The molecule has 0 aliphatic carbocycles. The van der Waals surface area contributed by atoms with Crippen LogP contribution < -0.4 is 5.73 Å². The van der Waals surface area contributed by atoms with Crippen LogP contribution in [0.2, 0.25) is 0 Å². The Morgan fingerprint density at radius 2 is 1.82 bits per heavy atom. The Kier molecular flexibility index (Phi) is 9.09. The second kappa shape index (κ2) is 9.42. The maximum atomic E-state index is 11.8. The zero-order valence-electron chi connectivity index (χ0n) is 11.9. The molecule has 0 aliphatic heterocycles. The summed E-state index contributed by atoms with van der Waals surface area (Å²) in [5.41, 5.74) is 5.49. The Hall–Kier alpha value is -0.610. The third kappa shape index (κ3) is 9.12. The van der Waals surface area contributed by atoms with E-state index < -0.39 is 0 Å². The topological polar surface area (TPSA) is 49.6 Å². The van der Waals surface area contributed by atoms with E-state index in [0.29, 0.717) is 18.9 Å². The molecule has 1 amide bonds. The first-order valence-electron chi connectivity index (χ1n) is 6.56. The number of hydrogen-bond donors (Lipinski definition) is 1. The quantitative estimate of drug-likeness (QED) is 0.661. The van der Waals surface area contributed by atoms with Gasteiger partial charge >= 0.3 is 0 Å². The molecule has 1 atom stereocenters. The predicted octanol–water partition coefficient (Wildman–Crippen LogP) is 1.16. The van der Waals surface area contributed by atoms with E-state index in [-0.39, 0.29) is 5.91 Å². The van der Waals surface area contributed by atoms with Crippen molar-refractivity contribution in [1.82, 2.24) is 9.80 Å². The molecule has 0 saturated heterocycles. The molecule has 0 aromatic carbocycles. The second-order valence-corrected chi connectivity index (χ2v) is 5.19. The zero-order chi connectivity index (χ0) is 13.3. The van der Waals surface area contributed by atoms with Crippen molar-refractivity contribution in [3.63, 3.8) is 0 Å². The van der Waals surface area contributed by atoms with Crippen molar-refractivity contribution >= 4 is 5.91 Å². The Balaban J connectivity index is 3.67. The van der Waals surface area contributed by atoms with Gasteiger partial charge in [0.05, 0.1) is 0 Å². The minimum atomic E-state index is 0.257. The molecule has 0 fully saturated rings. The van der Waals surface area contributed by atoms with Crippen LogP contribution in [0.5, 0.6) is 0 Å². The van der Waals surface area contributed by atoms with Gasteiger partial charge in [-0.05, 0) is 52.4 Å². The number of hydrogen-bond acceptors (Lipinski definition) is 3. The fourth-order valence-electron chi connectivity index (χ4n) is 1.74. The van der Waals surface area contributed by atoms with Crippen LogP contribution in [0.4, 0.5) is 0 Å². The summed E-state index contributed by atoms with van der Waals surface area (Å²) in [6, 6.07) is 0. The third-order valence-electron chi connectivity index (χ3n) is 3.04. The molecule has 1 unspecified atom stereocenters. The van der Waals surface area contributed by atoms with Gasteiger partial charge in [0.1, 0.15) is 0 Å². The van der Waals surface area contributed by atoms with Gasteiger partial charge in [-0.3, -0.25) is 4.79 Å². The zero-order valence-corrected chi connectivity index (χ0v) is 11.9. The van der Waals surface area contributed by atoms with E-state index in [9.17, 15) is 4.79 Å². The summed E-state index contributed by atoms with van der Waals surface area (Å²) in [7, 11) is 6.00. The summed E-state index contributed by atoms with van der Waals surface area (Å²) in [6.07, 6.45) is 3.65. The van der Waals surface area contributed by atoms with Gasteiger partial charge in [0.2, 0.25) is 5.91 Å². The maximum absolute atomic E-state index is 11.8. The van der Waals surface area contributed by atoms with Crippen LogP contribution in [0, 0.1) is 5.92 Å². The van der Waals surface area contributed by atoms with Gasteiger partial charge in [-0.25, -0.2) is 0 Å². The second-order valence-electron chi connectivity index (χ2n) is 5.19. The van der Waals surface area contributed by atoms with Crippen molar-refractivity contribution in [2.24, 2.45) is 11.7 Å². The lowest BCUT2D eigenvalue weighted by Gasteiger charge is -2.19. The van der Waals surface area contributed by atoms with Crippen molar-refractivity contribution < 1.29 is 4.79 Å². The third-order valence-corrected chi connectivity index (χ3v) is 3.04. The lowest BCUT2D eigenvalue weighted by molar-refractivity contribution is -0.130. The smallest absolute Gasteiger partial charge is 0.222 e. The lowest BCUT2D eigenvalue weighted by Crippen LogP contribution is -2.29. The standard InChI is InChI=1S/C13H29N3O/c1-12(8-9-14)6-7-13(17)16(4)11-5-10-15(2)3/h12H,5-11,14H2,1-4H3. The predicted molar refractivity (Wildman–Crippen MR) is 72.9 cm³/mol. The molecule has 0 rings (SSSR count). The summed E-state index contributed by atoms with van der Waals surface area (Å²) >= 11 is 0. The summed E-state index contributed by atoms with van der Waals surface area (Å²) in [5, 5.41) is 0. The van der Waals surface area contributed by atoms with E-state index in [0.717, 1.165) is 32.4 Å². The van der Waals surface area contributed by atoms with E-state index in [4.69, 9.17) is 5.73 Å². The molecule has 17 heavy (non-hydrogen) atoms. The minimum absolute atomic E-state index is 0.257. The highest BCUT2D eigenvalue weighted by molar-refractivity contribution is 5.75. The molecule has 0 aromatic rings. The summed E-state index contributed by atoms with van der Waals surface area (Å²) in [5.74, 6) is 0.812. The first kappa shape index (κ1) is 16.4. The molecule has 0 heterocycles. The fourth-order valence-corrected chi connectivity index (χ4v) is 1.74. The van der Waals surface area contributed by atoms with Gasteiger partial charge in [0, 0.05) is 20.0 Å². The summed E-state index contributed by atoms with van der Waals surface area (Å²) < 4.78 is 0. The average Bonchev–Trinajstić information content (AvgIpc) is 2.25. The fraction of sp³-hybridized carbons (Fsp3) is 0.923. The van der Waals surface area contributed by atoms with E-state index in [2.05, 4.69) is 25.9 Å². The Morgan fingerprint density at radius 1 is 1.18 bits per heavy atom. The van der Waals surface area contributed by atoms with Crippen LogP contribution >= 0.6 is 0 Å². The van der Waals surface area contributed by atoms with E-state index in [1.54, 1.807) is 0 Å². The molecule has 4 nitrogen and oxygen atoms in total. The Labute approximate surface area is 106 Å². The van der Waals surface area contributed by atoms with Gasteiger partial charge in [-0.1, -0.05) is 6.92 Å². The van der Waals surface area contributed by atoms with Crippen molar-refractivity contribution in [2.75, 3.05) is 40.8 Å². The molecule has 0 saturated carbocycles. The molecule has 0 aromatic heterocycles. The number of nitrogens with two attached hydrogens (primary N) is 1. The van der Waals surface area contributed by atoms with Crippen molar-refractivity contribution in [2.45, 2.75) is 32.6 Å². The van der Waals surface area contributed by atoms with Crippen LogP contribution in [0.3, 0.4) is 0 Å². The first-order valence-corrected chi connectivity index (χ1v) is 6.56. The molecule has 0 aliphatic rings. The van der Waals surface area contributed by atoms with Gasteiger partial charge in [0.15, 0.2) is 0 Å². The molecular formula is C13H29N3O. The van der Waals surface area contributed by atoms with Crippen molar-refractivity contribution in [3.05, 3.63) is 0 Å². The molecule has 0 spiro atoms. The van der Waals surface area contributed by atoms with Gasteiger partial charge in [-0.15, -0.1) is 0 Å². The maximum Gasteiger partial charge on any atom is 0.222 e. The monoisotopic (exact) mass is 243 g/mol. The molecule has 0 radical (unpaired) electrons. The number of carbonyl (C=O) groups excluding carboxylic acids is 1. The van der Waals surface area contributed by atoms with Gasteiger partial charge in [0.25, 0.3) is 0 Å². The number of nitrogens with zero attached hydrogens (tertiary/aromatic N) is 2. The van der Waals surface area contributed by atoms with Crippen LogP contribution in [-0.2, 0) is 4.79 Å².